The van der Waals surface area contributed by atoms with Crippen LogP contribution >= 0.6 is 0 Å². The van der Waals surface area contributed by atoms with E-state index < -0.39 is 0 Å². The number of aryl methyl sites for hydroxylation is 1. The van der Waals surface area contributed by atoms with Gasteiger partial charge in [0, 0.05) is 12.6 Å². The SMILES string of the molecule is Cn1ncnc1NC(=O)c1ccc(F)cc1. The summed E-state index contributed by atoms with van der Waals surface area (Å²) in [6.07, 6.45) is 1.33. The molecule has 0 atom stereocenters. The number of carbonyl (C=O) groups excluding carboxylic acids is 1. The Hall–Kier alpha value is -2.24. The van der Waals surface area contributed by atoms with E-state index in [9.17, 15) is 9.18 Å². The summed E-state index contributed by atoms with van der Waals surface area (Å²) in [4.78, 5) is 15.5. The first-order valence-electron chi connectivity index (χ1n) is 4.58. The first kappa shape index (κ1) is 10.3. The Labute approximate surface area is 90.9 Å². The lowest BCUT2D eigenvalue weighted by atomic mass is 10.2. The van der Waals surface area contributed by atoms with Crippen molar-refractivity contribution >= 4 is 11.9 Å². The number of hydrogen-bond acceptors (Lipinski definition) is 3. The topological polar surface area (TPSA) is 59.8 Å². The van der Waals surface area contributed by atoms with Crippen LogP contribution < -0.4 is 5.32 Å². The van der Waals surface area contributed by atoms with Gasteiger partial charge in [0.2, 0.25) is 5.95 Å². The van der Waals surface area contributed by atoms with Crippen LogP contribution in [0.2, 0.25) is 0 Å². The molecule has 1 aromatic carbocycles. The van der Waals surface area contributed by atoms with Gasteiger partial charge in [0.05, 0.1) is 0 Å². The van der Waals surface area contributed by atoms with E-state index in [1.807, 2.05) is 0 Å². The first-order chi connectivity index (χ1) is 7.66. The molecule has 1 heterocycles. The van der Waals surface area contributed by atoms with Gasteiger partial charge in [-0.05, 0) is 24.3 Å². The summed E-state index contributed by atoms with van der Waals surface area (Å²) < 4.78 is 14.1. The highest BCUT2D eigenvalue weighted by Crippen LogP contribution is 2.06. The lowest BCUT2D eigenvalue weighted by Crippen LogP contribution is -2.15. The Kier molecular flexibility index (Phi) is 2.63. The molecule has 82 valence electrons. The summed E-state index contributed by atoms with van der Waals surface area (Å²) in [6.45, 7) is 0. The van der Waals surface area contributed by atoms with Crippen LogP contribution in [0.3, 0.4) is 0 Å². The van der Waals surface area contributed by atoms with Crippen LogP contribution in [0.15, 0.2) is 30.6 Å². The maximum atomic E-state index is 12.6. The number of hydrogen-bond donors (Lipinski definition) is 1. The lowest BCUT2D eigenvalue weighted by molar-refractivity contribution is 0.102. The minimum atomic E-state index is -0.379. The van der Waals surface area contributed by atoms with Crippen LogP contribution in [0.4, 0.5) is 10.3 Å². The Morgan fingerprint density at radius 2 is 2.06 bits per heavy atom. The van der Waals surface area contributed by atoms with Crippen LogP contribution in [0.1, 0.15) is 10.4 Å². The Morgan fingerprint density at radius 3 is 2.62 bits per heavy atom. The lowest BCUT2D eigenvalue weighted by Gasteiger charge is -2.03. The van der Waals surface area contributed by atoms with Crippen LogP contribution in [-0.4, -0.2) is 20.7 Å². The summed E-state index contributed by atoms with van der Waals surface area (Å²) in [6, 6.07) is 5.26. The molecule has 0 spiro atoms. The Balaban J connectivity index is 2.15. The van der Waals surface area contributed by atoms with Gasteiger partial charge in [-0.15, -0.1) is 0 Å². The van der Waals surface area contributed by atoms with Crippen molar-refractivity contribution in [2.45, 2.75) is 0 Å². The van der Waals surface area contributed by atoms with Crippen molar-refractivity contribution in [2.24, 2.45) is 7.05 Å². The zero-order chi connectivity index (χ0) is 11.5. The van der Waals surface area contributed by atoms with Crippen molar-refractivity contribution in [3.05, 3.63) is 42.0 Å². The molecule has 1 amide bonds. The fourth-order valence-corrected chi connectivity index (χ4v) is 1.18. The molecular weight excluding hydrogens is 211 g/mol. The monoisotopic (exact) mass is 220 g/mol. The predicted octanol–water partition coefficient (Wildman–Crippen LogP) is 1.21. The van der Waals surface area contributed by atoms with E-state index in [2.05, 4.69) is 15.4 Å². The number of rotatable bonds is 2. The van der Waals surface area contributed by atoms with E-state index in [0.717, 1.165) is 0 Å². The number of halogens is 1. The molecule has 0 aliphatic rings. The van der Waals surface area contributed by atoms with E-state index in [-0.39, 0.29) is 11.7 Å². The predicted molar refractivity (Wildman–Crippen MR) is 55.4 cm³/mol. The number of benzene rings is 1. The van der Waals surface area contributed by atoms with Crippen molar-refractivity contribution in [3.63, 3.8) is 0 Å². The standard InChI is InChI=1S/C10H9FN4O/c1-15-10(12-6-13-15)14-9(16)7-2-4-8(11)5-3-7/h2-6H,1H3,(H,12,13,14,16). The fraction of sp³-hybridized carbons (Fsp3) is 0.100. The number of nitrogens with zero attached hydrogens (tertiary/aromatic N) is 3. The molecule has 0 saturated carbocycles. The number of nitrogens with one attached hydrogen (secondary N) is 1. The molecule has 1 N–H and O–H groups in total. The molecule has 0 aliphatic heterocycles. The van der Waals surface area contributed by atoms with Gasteiger partial charge in [0.15, 0.2) is 0 Å². The van der Waals surface area contributed by atoms with Gasteiger partial charge in [-0.1, -0.05) is 0 Å². The van der Waals surface area contributed by atoms with Gasteiger partial charge in [-0.2, -0.15) is 10.1 Å². The van der Waals surface area contributed by atoms with E-state index in [1.54, 1.807) is 7.05 Å². The maximum Gasteiger partial charge on any atom is 0.258 e. The average Bonchev–Trinajstić information content (AvgIpc) is 2.65. The van der Waals surface area contributed by atoms with Gasteiger partial charge >= 0.3 is 0 Å². The second-order valence-corrected chi connectivity index (χ2v) is 3.17. The van der Waals surface area contributed by atoms with Gasteiger partial charge in [0.25, 0.3) is 5.91 Å². The molecule has 2 aromatic rings. The number of anilines is 1. The highest BCUT2D eigenvalue weighted by molar-refractivity contribution is 6.03. The minimum absolute atomic E-state index is 0.342. The van der Waals surface area contributed by atoms with Gasteiger partial charge in [-0.25, -0.2) is 9.07 Å². The number of amides is 1. The molecule has 5 nitrogen and oxygen atoms in total. The molecule has 0 unspecified atom stereocenters. The van der Waals surface area contributed by atoms with Gasteiger partial charge in [0.1, 0.15) is 12.1 Å². The fourth-order valence-electron chi connectivity index (χ4n) is 1.18. The number of aromatic nitrogens is 3. The van der Waals surface area contributed by atoms with E-state index >= 15 is 0 Å². The van der Waals surface area contributed by atoms with Crippen LogP contribution in [0.5, 0.6) is 0 Å². The van der Waals surface area contributed by atoms with Gasteiger partial charge < -0.3 is 0 Å². The first-order valence-corrected chi connectivity index (χ1v) is 4.58. The van der Waals surface area contributed by atoms with Crippen molar-refractivity contribution in [1.82, 2.24) is 14.8 Å². The maximum absolute atomic E-state index is 12.6. The summed E-state index contributed by atoms with van der Waals surface area (Å²) in [5, 5.41) is 6.36. The third-order valence-corrected chi connectivity index (χ3v) is 2.04. The highest BCUT2D eigenvalue weighted by atomic mass is 19.1. The van der Waals surface area contributed by atoms with E-state index in [1.165, 1.54) is 35.3 Å². The van der Waals surface area contributed by atoms with E-state index in [0.29, 0.717) is 11.5 Å². The molecule has 0 bridgehead atoms. The molecule has 16 heavy (non-hydrogen) atoms. The molecule has 0 saturated heterocycles. The molecule has 0 radical (unpaired) electrons. The minimum Gasteiger partial charge on any atom is -0.291 e. The van der Waals surface area contributed by atoms with Gasteiger partial charge in [-0.3, -0.25) is 10.1 Å². The second-order valence-electron chi connectivity index (χ2n) is 3.17. The average molecular weight is 220 g/mol. The van der Waals surface area contributed by atoms with Crippen molar-refractivity contribution < 1.29 is 9.18 Å². The van der Waals surface area contributed by atoms with Crippen molar-refractivity contribution in [3.8, 4) is 0 Å². The third kappa shape index (κ3) is 2.05. The molecule has 1 aromatic heterocycles. The quantitative estimate of drug-likeness (QED) is 0.827. The van der Waals surface area contributed by atoms with Crippen LogP contribution in [-0.2, 0) is 7.05 Å². The van der Waals surface area contributed by atoms with Crippen LogP contribution in [0.25, 0.3) is 0 Å². The third-order valence-electron chi connectivity index (χ3n) is 2.04. The normalized spacial score (nSPS) is 10.1. The van der Waals surface area contributed by atoms with Crippen molar-refractivity contribution in [1.29, 1.82) is 0 Å². The summed E-state index contributed by atoms with van der Waals surface area (Å²) in [5.41, 5.74) is 0.365. The summed E-state index contributed by atoms with van der Waals surface area (Å²) in [5.74, 6) is -0.388. The van der Waals surface area contributed by atoms with E-state index in [4.69, 9.17) is 0 Å². The zero-order valence-corrected chi connectivity index (χ0v) is 8.51. The Morgan fingerprint density at radius 1 is 1.38 bits per heavy atom. The van der Waals surface area contributed by atoms with Crippen LogP contribution in [0, 0.1) is 5.82 Å². The molecule has 6 heteroatoms. The molecular formula is C10H9FN4O. The largest absolute Gasteiger partial charge is 0.291 e. The molecule has 2 rings (SSSR count). The Bertz CT molecular complexity index is 506. The zero-order valence-electron chi connectivity index (χ0n) is 8.51. The summed E-state index contributed by atoms with van der Waals surface area (Å²) >= 11 is 0. The number of carbonyl (C=O) groups is 1. The molecule has 0 aliphatic carbocycles. The van der Waals surface area contributed by atoms with Crippen molar-refractivity contribution in [2.75, 3.05) is 5.32 Å². The summed E-state index contributed by atoms with van der Waals surface area (Å²) in [7, 11) is 1.66. The molecule has 0 fully saturated rings. The second kappa shape index (κ2) is 4.09. The highest BCUT2D eigenvalue weighted by Gasteiger charge is 2.08. The smallest absolute Gasteiger partial charge is 0.258 e.